The van der Waals surface area contributed by atoms with Gasteiger partial charge in [0.2, 0.25) is 0 Å². The van der Waals surface area contributed by atoms with Gasteiger partial charge in [0.05, 0.1) is 12.1 Å². The molecular weight excluding hydrogens is 252 g/mol. The van der Waals surface area contributed by atoms with Crippen LogP contribution in [0, 0.1) is 5.92 Å². The number of ether oxygens (including phenoxy) is 1. The van der Waals surface area contributed by atoms with Crippen molar-refractivity contribution >= 4 is 5.91 Å². The van der Waals surface area contributed by atoms with Crippen molar-refractivity contribution in [2.45, 2.75) is 31.9 Å². The number of carbonyl (C=O) groups is 1. The number of nitrogens with one attached hydrogen (secondary N) is 2. The van der Waals surface area contributed by atoms with Crippen LogP contribution < -0.4 is 10.6 Å². The highest BCUT2D eigenvalue weighted by Gasteiger charge is 2.32. The second-order valence-corrected chi connectivity index (χ2v) is 5.79. The molecule has 2 heterocycles. The third-order valence-electron chi connectivity index (χ3n) is 4.50. The first kappa shape index (κ1) is 13.6. The molecule has 0 aromatic heterocycles. The van der Waals surface area contributed by atoms with Crippen LogP contribution in [0.5, 0.6) is 0 Å². The Morgan fingerprint density at radius 1 is 1.45 bits per heavy atom. The standard InChI is InChI=1S/C16H22N2O2/c1-10-6-8-20-15(10)14(17-2)12-4-3-11-5-7-18-16(19)13(11)9-12/h3-4,9-10,14-15,17H,5-8H2,1-2H3,(H,18,19). The van der Waals surface area contributed by atoms with E-state index in [9.17, 15) is 4.79 Å². The normalized spacial score (nSPS) is 27.0. The molecule has 0 bridgehead atoms. The van der Waals surface area contributed by atoms with E-state index in [1.165, 1.54) is 0 Å². The molecule has 4 nitrogen and oxygen atoms in total. The van der Waals surface area contributed by atoms with Crippen molar-refractivity contribution in [2.75, 3.05) is 20.2 Å². The zero-order chi connectivity index (χ0) is 14.1. The number of fused-ring (bicyclic) bond motifs is 1. The van der Waals surface area contributed by atoms with Gasteiger partial charge in [-0.15, -0.1) is 0 Å². The second-order valence-electron chi connectivity index (χ2n) is 5.79. The van der Waals surface area contributed by atoms with Crippen molar-refractivity contribution in [3.63, 3.8) is 0 Å². The first-order valence-corrected chi connectivity index (χ1v) is 7.40. The summed E-state index contributed by atoms with van der Waals surface area (Å²) in [7, 11) is 1.96. The predicted molar refractivity (Wildman–Crippen MR) is 77.8 cm³/mol. The van der Waals surface area contributed by atoms with Crippen LogP contribution in [-0.4, -0.2) is 32.2 Å². The van der Waals surface area contributed by atoms with Crippen LogP contribution in [0.4, 0.5) is 0 Å². The number of amides is 1. The fraction of sp³-hybridized carbons (Fsp3) is 0.562. The summed E-state index contributed by atoms with van der Waals surface area (Å²) in [5.74, 6) is 0.584. The van der Waals surface area contributed by atoms with Crippen molar-refractivity contribution in [3.05, 3.63) is 34.9 Å². The van der Waals surface area contributed by atoms with Gasteiger partial charge in [0.15, 0.2) is 0 Å². The van der Waals surface area contributed by atoms with Crippen LogP contribution in [0.25, 0.3) is 0 Å². The van der Waals surface area contributed by atoms with Gasteiger partial charge in [-0.3, -0.25) is 4.79 Å². The summed E-state index contributed by atoms with van der Waals surface area (Å²) in [6.45, 7) is 3.80. The lowest BCUT2D eigenvalue weighted by Gasteiger charge is -2.27. The molecule has 4 heteroatoms. The van der Waals surface area contributed by atoms with Crippen LogP contribution in [0.2, 0.25) is 0 Å². The molecule has 2 N–H and O–H groups in total. The van der Waals surface area contributed by atoms with E-state index in [1.807, 2.05) is 13.1 Å². The molecule has 3 rings (SSSR count). The van der Waals surface area contributed by atoms with Gasteiger partial charge in [0.25, 0.3) is 5.91 Å². The maximum absolute atomic E-state index is 12.0. The third kappa shape index (κ3) is 2.34. The second kappa shape index (κ2) is 5.54. The van der Waals surface area contributed by atoms with E-state index < -0.39 is 0 Å². The van der Waals surface area contributed by atoms with E-state index in [2.05, 4.69) is 29.7 Å². The average molecular weight is 274 g/mol. The van der Waals surface area contributed by atoms with E-state index in [1.54, 1.807) is 0 Å². The summed E-state index contributed by atoms with van der Waals surface area (Å²) in [6, 6.07) is 6.40. The monoisotopic (exact) mass is 274 g/mol. The first-order chi connectivity index (χ1) is 9.70. The summed E-state index contributed by atoms with van der Waals surface area (Å²) in [5, 5.41) is 6.27. The maximum atomic E-state index is 12.0. The van der Waals surface area contributed by atoms with Crippen molar-refractivity contribution in [3.8, 4) is 0 Å². The van der Waals surface area contributed by atoms with Crippen molar-refractivity contribution < 1.29 is 9.53 Å². The fourth-order valence-corrected chi connectivity index (χ4v) is 3.29. The van der Waals surface area contributed by atoms with Crippen LogP contribution in [0.1, 0.15) is 40.9 Å². The maximum Gasteiger partial charge on any atom is 0.251 e. The van der Waals surface area contributed by atoms with Crippen LogP contribution in [-0.2, 0) is 11.2 Å². The van der Waals surface area contributed by atoms with Gasteiger partial charge in [-0.05, 0) is 43.0 Å². The largest absolute Gasteiger partial charge is 0.376 e. The smallest absolute Gasteiger partial charge is 0.251 e. The fourth-order valence-electron chi connectivity index (χ4n) is 3.29. The zero-order valence-corrected chi connectivity index (χ0v) is 12.1. The Labute approximate surface area is 119 Å². The molecule has 1 saturated heterocycles. The molecule has 0 spiro atoms. The number of hydrogen-bond acceptors (Lipinski definition) is 3. The number of carbonyl (C=O) groups excluding carboxylic acids is 1. The Balaban J connectivity index is 1.92. The Morgan fingerprint density at radius 3 is 3.00 bits per heavy atom. The summed E-state index contributed by atoms with van der Waals surface area (Å²) in [6.07, 6.45) is 2.21. The molecule has 20 heavy (non-hydrogen) atoms. The number of benzene rings is 1. The average Bonchev–Trinajstić information content (AvgIpc) is 2.87. The molecule has 1 fully saturated rings. The molecule has 1 amide bonds. The van der Waals surface area contributed by atoms with Gasteiger partial charge >= 0.3 is 0 Å². The molecule has 3 unspecified atom stereocenters. The van der Waals surface area contributed by atoms with Crippen molar-refractivity contribution in [1.29, 1.82) is 0 Å². The molecule has 2 aliphatic rings. The lowest BCUT2D eigenvalue weighted by Crippen LogP contribution is -2.34. The highest BCUT2D eigenvalue weighted by molar-refractivity contribution is 5.96. The Morgan fingerprint density at radius 2 is 2.30 bits per heavy atom. The number of likely N-dealkylation sites (N-methyl/N-ethyl adjacent to an activating group) is 1. The van der Waals surface area contributed by atoms with Gasteiger partial charge < -0.3 is 15.4 Å². The van der Waals surface area contributed by atoms with Crippen LogP contribution in [0.3, 0.4) is 0 Å². The molecule has 0 saturated carbocycles. The van der Waals surface area contributed by atoms with Crippen LogP contribution >= 0.6 is 0 Å². The molecular formula is C16H22N2O2. The Hall–Kier alpha value is -1.39. The Kier molecular flexibility index (Phi) is 3.76. The van der Waals surface area contributed by atoms with E-state index in [0.29, 0.717) is 5.92 Å². The lowest BCUT2D eigenvalue weighted by atomic mass is 9.89. The first-order valence-electron chi connectivity index (χ1n) is 7.40. The van der Waals surface area contributed by atoms with E-state index in [4.69, 9.17) is 4.74 Å². The summed E-state index contributed by atoms with van der Waals surface area (Å²) in [5.41, 5.74) is 3.11. The minimum Gasteiger partial charge on any atom is -0.376 e. The van der Waals surface area contributed by atoms with E-state index in [-0.39, 0.29) is 18.1 Å². The summed E-state index contributed by atoms with van der Waals surface area (Å²) >= 11 is 0. The van der Waals surface area contributed by atoms with Gasteiger partial charge in [-0.1, -0.05) is 19.1 Å². The molecule has 1 aromatic carbocycles. The molecule has 1 aromatic rings. The van der Waals surface area contributed by atoms with Crippen molar-refractivity contribution in [1.82, 2.24) is 10.6 Å². The SMILES string of the molecule is CNC(c1ccc2c(c1)C(=O)NCC2)C1OCCC1C. The predicted octanol–water partition coefficient (Wildman–Crippen LogP) is 1.66. The van der Waals surface area contributed by atoms with E-state index in [0.717, 1.165) is 42.7 Å². The molecule has 0 radical (unpaired) electrons. The lowest BCUT2D eigenvalue weighted by molar-refractivity contribution is 0.0630. The summed E-state index contributed by atoms with van der Waals surface area (Å²) < 4.78 is 5.88. The summed E-state index contributed by atoms with van der Waals surface area (Å²) in [4.78, 5) is 12.0. The van der Waals surface area contributed by atoms with Gasteiger partial charge in [0.1, 0.15) is 0 Å². The van der Waals surface area contributed by atoms with Gasteiger partial charge in [-0.2, -0.15) is 0 Å². The minimum atomic E-state index is 0.0448. The third-order valence-corrected chi connectivity index (χ3v) is 4.50. The highest BCUT2D eigenvalue weighted by Crippen LogP contribution is 2.32. The highest BCUT2D eigenvalue weighted by atomic mass is 16.5. The zero-order valence-electron chi connectivity index (χ0n) is 12.1. The molecule has 2 aliphatic heterocycles. The quantitative estimate of drug-likeness (QED) is 0.881. The number of hydrogen-bond donors (Lipinski definition) is 2. The molecule has 3 atom stereocenters. The molecule has 108 valence electrons. The van der Waals surface area contributed by atoms with Gasteiger partial charge in [0, 0.05) is 18.7 Å². The Bertz CT molecular complexity index is 515. The van der Waals surface area contributed by atoms with Crippen LogP contribution in [0.15, 0.2) is 18.2 Å². The number of rotatable bonds is 3. The minimum absolute atomic E-state index is 0.0448. The van der Waals surface area contributed by atoms with Gasteiger partial charge in [-0.25, -0.2) is 0 Å². The molecule has 0 aliphatic carbocycles. The topological polar surface area (TPSA) is 50.4 Å². The van der Waals surface area contributed by atoms with E-state index >= 15 is 0 Å². The van der Waals surface area contributed by atoms with Crippen molar-refractivity contribution in [2.24, 2.45) is 5.92 Å².